The lowest BCUT2D eigenvalue weighted by Gasteiger charge is -2.15. The summed E-state index contributed by atoms with van der Waals surface area (Å²) in [5, 5.41) is 0.658. The van der Waals surface area contributed by atoms with Crippen LogP contribution in [0.2, 0.25) is 5.02 Å². The lowest BCUT2D eigenvalue weighted by Crippen LogP contribution is -2.14. The van der Waals surface area contributed by atoms with Gasteiger partial charge in [0.2, 0.25) is 0 Å². The van der Waals surface area contributed by atoms with Crippen LogP contribution >= 0.6 is 11.6 Å². The Morgan fingerprint density at radius 2 is 1.95 bits per heavy atom. The molecule has 5 heteroatoms. The van der Waals surface area contributed by atoms with E-state index >= 15 is 0 Å². The van der Waals surface area contributed by atoms with Crippen LogP contribution in [0.15, 0.2) is 42.5 Å². The van der Waals surface area contributed by atoms with Gasteiger partial charge in [0.15, 0.2) is 0 Å². The third-order valence-electron chi connectivity index (χ3n) is 3.16. The fourth-order valence-electron chi connectivity index (χ4n) is 2.09. The summed E-state index contributed by atoms with van der Waals surface area (Å²) in [5.41, 5.74) is 8.86. The van der Waals surface area contributed by atoms with Crippen molar-refractivity contribution in [2.45, 2.75) is 26.0 Å². The van der Waals surface area contributed by atoms with Crippen molar-refractivity contribution >= 4 is 11.6 Å². The maximum Gasteiger partial charge on any atom is 0.387 e. The third-order valence-corrected chi connectivity index (χ3v) is 3.51. The van der Waals surface area contributed by atoms with Gasteiger partial charge in [-0.05, 0) is 48.2 Å². The molecule has 0 radical (unpaired) electrons. The largest absolute Gasteiger partial charge is 0.435 e. The molecule has 0 saturated carbocycles. The summed E-state index contributed by atoms with van der Waals surface area (Å²) in [5.74, 6) is 0.105. The zero-order valence-electron chi connectivity index (χ0n) is 11.5. The topological polar surface area (TPSA) is 35.2 Å². The number of ether oxygens (including phenoxy) is 1. The Morgan fingerprint density at radius 3 is 2.62 bits per heavy atom. The summed E-state index contributed by atoms with van der Waals surface area (Å²) in [6.45, 7) is -0.885. The lowest BCUT2D eigenvalue weighted by molar-refractivity contribution is -0.0498. The maximum absolute atomic E-state index is 12.2. The van der Waals surface area contributed by atoms with Crippen LogP contribution in [-0.2, 0) is 6.42 Å². The molecule has 1 unspecified atom stereocenters. The predicted octanol–water partition coefficient (Wildman–Crippen LogP) is 4.49. The van der Waals surface area contributed by atoms with E-state index in [9.17, 15) is 8.78 Å². The number of alkyl halides is 2. The molecule has 112 valence electrons. The van der Waals surface area contributed by atoms with Gasteiger partial charge in [0.05, 0.1) is 0 Å². The van der Waals surface area contributed by atoms with Crippen molar-refractivity contribution in [2.24, 2.45) is 5.73 Å². The molecule has 0 fully saturated rings. The van der Waals surface area contributed by atoms with E-state index in [4.69, 9.17) is 17.3 Å². The molecule has 0 spiro atoms. The van der Waals surface area contributed by atoms with E-state index in [-0.39, 0.29) is 11.8 Å². The highest BCUT2D eigenvalue weighted by atomic mass is 35.5. The van der Waals surface area contributed by atoms with Crippen molar-refractivity contribution < 1.29 is 13.5 Å². The van der Waals surface area contributed by atoms with Gasteiger partial charge < -0.3 is 10.5 Å². The van der Waals surface area contributed by atoms with Crippen LogP contribution in [0.4, 0.5) is 8.78 Å². The Kier molecular flexibility index (Phi) is 5.15. The van der Waals surface area contributed by atoms with E-state index in [1.165, 1.54) is 12.1 Å². The molecule has 0 bridgehead atoms. The van der Waals surface area contributed by atoms with Crippen LogP contribution in [-0.4, -0.2) is 6.61 Å². The molecule has 0 heterocycles. The summed E-state index contributed by atoms with van der Waals surface area (Å²) < 4.78 is 28.8. The molecule has 2 aromatic carbocycles. The van der Waals surface area contributed by atoms with Gasteiger partial charge in [0.1, 0.15) is 5.75 Å². The number of rotatable bonds is 5. The summed E-state index contributed by atoms with van der Waals surface area (Å²) in [4.78, 5) is 0. The van der Waals surface area contributed by atoms with Gasteiger partial charge in [0, 0.05) is 11.1 Å². The van der Waals surface area contributed by atoms with E-state index < -0.39 is 6.61 Å². The van der Waals surface area contributed by atoms with Gasteiger partial charge in [-0.2, -0.15) is 8.78 Å². The van der Waals surface area contributed by atoms with Gasteiger partial charge in [-0.15, -0.1) is 0 Å². The van der Waals surface area contributed by atoms with Crippen LogP contribution in [0.3, 0.4) is 0 Å². The first-order valence-corrected chi connectivity index (χ1v) is 6.89. The Morgan fingerprint density at radius 1 is 1.19 bits per heavy atom. The first kappa shape index (κ1) is 15.7. The molecule has 0 saturated heterocycles. The SMILES string of the molecule is Cc1ccc(CC(N)c2cccc(OC(F)F)c2)c(Cl)c1. The van der Waals surface area contributed by atoms with Gasteiger partial charge in [-0.1, -0.05) is 35.9 Å². The lowest BCUT2D eigenvalue weighted by atomic mass is 9.99. The first-order chi connectivity index (χ1) is 9.95. The normalized spacial score (nSPS) is 12.5. The molecule has 0 aliphatic heterocycles. The minimum atomic E-state index is -2.84. The summed E-state index contributed by atoms with van der Waals surface area (Å²) in [6.07, 6.45) is 0.525. The highest BCUT2D eigenvalue weighted by molar-refractivity contribution is 6.31. The number of nitrogens with two attached hydrogens (primary N) is 1. The second-order valence-electron chi connectivity index (χ2n) is 4.86. The Bertz CT molecular complexity index is 619. The van der Waals surface area contributed by atoms with Crippen molar-refractivity contribution in [1.29, 1.82) is 0 Å². The highest BCUT2D eigenvalue weighted by Crippen LogP contribution is 2.25. The molecule has 2 N–H and O–H groups in total. The molecule has 0 aliphatic rings. The second-order valence-corrected chi connectivity index (χ2v) is 5.26. The smallest absolute Gasteiger partial charge is 0.387 e. The molecule has 1 atom stereocenters. The standard InChI is InChI=1S/C16H16ClF2NO/c1-10-5-6-11(14(17)7-10)9-15(20)12-3-2-4-13(8-12)21-16(18)19/h2-8,15-16H,9,20H2,1H3. The van der Waals surface area contributed by atoms with E-state index in [1.54, 1.807) is 12.1 Å². The molecule has 0 aliphatic carbocycles. The molecule has 2 aromatic rings. The molecule has 21 heavy (non-hydrogen) atoms. The molecular formula is C16H16ClF2NO. The monoisotopic (exact) mass is 311 g/mol. The zero-order valence-corrected chi connectivity index (χ0v) is 12.3. The molecule has 0 amide bonds. The molecule has 2 rings (SSSR count). The van der Waals surface area contributed by atoms with Crippen molar-refractivity contribution in [3.8, 4) is 5.75 Å². The average Bonchev–Trinajstić information content (AvgIpc) is 2.41. The quantitative estimate of drug-likeness (QED) is 0.883. The van der Waals surface area contributed by atoms with Crippen LogP contribution in [0.1, 0.15) is 22.7 Å². The number of aryl methyl sites for hydroxylation is 1. The average molecular weight is 312 g/mol. The van der Waals surface area contributed by atoms with Gasteiger partial charge in [-0.3, -0.25) is 0 Å². The fraction of sp³-hybridized carbons (Fsp3) is 0.250. The Hall–Kier alpha value is -1.65. The van der Waals surface area contributed by atoms with Crippen molar-refractivity contribution in [3.05, 3.63) is 64.2 Å². The summed E-state index contributed by atoms with van der Waals surface area (Å²) in [6, 6.07) is 11.8. The summed E-state index contributed by atoms with van der Waals surface area (Å²) in [7, 11) is 0. The number of benzene rings is 2. The van der Waals surface area contributed by atoms with E-state index in [1.807, 2.05) is 25.1 Å². The molecule has 0 aromatic heterocycles. The second kappa shape index (κ2) is 6.87. The summed E-state index contributed by atoms with van der Waals surface area (Å²) >= 11 is 6.18. The number of halogens is 3. The molecule has 2 nitrogen and oxygen atoms in total. The highest BCUT2D eigenvalue weighted by Gasteiger charge is 2.12. The van der Waals surface area contributed by atoms with Crippen LogP contribution in [0.25, 0.3) is 0 Å². The zero-order chi connectivity index (χ0) is 15.4. The molecular weight excluding hydrogens is 296 g/mol. The van der Waals surface area contributed by atoms with E-state index in [2.05, 4.69) is 4.74 Å². The Balaban J connectivity index is 2.14. The maximum atomic E-state index is 12.2. The fourth-order valence-corrected chi connectivity index (χ4v) is 2.41. The number of hydrogen-bond acceptors (Lipinski definition) is 2. The Labute approximate surface area is 127 Å². The van der Waals surface area contributed by atoms with Crippen LogP contribution in [0, 0.1) is 6.92 Å². The van der Waals surface area contributed by atoms with Gasteiger partial charge in [-0.25, -0.2) is 0 Å². The van der Waals surface area contributed by atoms with Crippen molar-refractivity contribution in [2.75, 3.05) is 0 Å². The van der Waals surface area contributed by atoms with E-state index in [0.717, 1.165) is 16.7 Å². The van der Waals surface area contributed by atoms with Gasteiger partial charge in [0.25, 0.3) is 0 Å². The number of hydrogen-bond donors (Lipinski definition) is 1. The van der Waals surface area contributed by atoms with Crippen molar-refractivity contribution in [3.63, 3.8) is 0 Å². The van der Waals surface area contributed by atoms with E-state index in [0.29, 0.717) is 11.4 Å². The third kappa shape index (κ3) is 4.41. The van der Waals surface area contributed by atoms with Crippen molar-refractivity contribution in [1.82, 2.24) is 0 Å². The van der Waals surface area contributed by atoms with Crippen LogP contribution < -0.4 is 10.5 Å². The minimum absolute atomic E-state index is 0.105. The first-order valence-electron chi connectivity index (χ1n) is 6.51. The van der Waals surface area contributed by atoms with Gasteiger partial charge >= 0.3 is 6.61 Å². The van der Waals surface area contributed by atoms with Crippen LogP contribution in [0.5, 0.6) is 5.75 Å². The minimum Gasteiger partial charge on any atom is -0.435 e. The predicted molar refractivity (Wildman–Crippen MR) is 79.9 cm³/mol.